The molecule has 3 nitrogen and oxygen atoms in total. The van der Waals surface area contributed by atoms with E-state index in [1.807, 2.05) is 12.1 Å². The molecule has 2 rings (SSSR count). The second-order valence-corrected chi connectivity index (χ2v) is 8.40. The fourth-order valence-corrected chi connectivity index (χ4v) is 3.54. The van der Waals surface area contributed by atoms with E-state index in [0.717, 1.165) is 30.7 Å². The van der Waals surface area contributed by atoms with Gasteiger partial charge in [-0.2, -0.15) is 0 Å². The minimum atomic E-state index is -0.435. The van der Waals surface area contributed by atoms with Gasteiger partial charge in [0, 0.05) is 19.6 Å². The van der Waals surface area contributed by atoms with Crippen molar-refractivity contribution in [3.63, 3.8) is 0 Å². The minimum absolute atomic E-state index is 0.152. The number of hydrogen-bond acceptors (Lipinski definition) is 3. The van der Waals surface area contributed by atoms with Gasteiger partial charge < -0.3 is 14.7 Å². The molecule has 1 aliphatic heterocycles. The van der Waals surface area contributed by atoms with E-state index in [2.05, 4.69) is 51.7 Å². The highest BCUT2D eigenvalue weighted by atomic mass is 16.5. The minimum Gasteiger partial charge on any atom is -0.491 e. The van der Waals surface area contributed by atoms with Crippen LogP contribution in [0.25, 0.3) is 0 Å². The van der Waals surface area contributed by atoms with E-state index in [1.165, 1.54) is 12.0 Å². The Morgan fingerprint density at radius 3 is 2.22 bits per heavy atom. The van der Waals surface area contributed by atoms with Crippen LogP contribution in [0.3, 0.4) is 0 Å². The predicted molar refractivity (Wildman–Crippen MR) is 96.0 cm³/mol. The van der Waals surface area contributed by atoms with E-state index in [-0.39, 0.29) is 5.41 Å². The number of benzene rings is 1. The Kier molecular flexibility index (Phi) is 6.10. The highest BCUT2D eigenvalue weighted by Crippen LogP contribution is 2.24. The highest BCUT2D eigenvalue weighted by molar-refractivity contribution is 5.31. The van der Waals surface area contributed by atoms with Crippen LogP contribution in [-0.4, -0.2) is 42.4 Å². The van der Waals surface area contributed by atoms with Gasteiger partial charge >= 0.3 is 0 Å². The van der Waals surface area contributed by atoms with Crippen LogP contribution in [0.4, 0.5) is 0 Å². The van der Waals surface area contributed by atoms with E-state index in [9.17, 15) is 5.11 Å². The molecular weight excluding hydrogens is 286 g/mol. The molecule has 0 saturated carbocycles. The van der Waals surface area contributed by atoms with Crippen molar-refractivity contribution in [1.82, 2.24) is 4.90 Å². The average Bonchev–Trinajstić information content (AvgIpc) is 2.43. The normalized spacial score (nSPS) is 24.4. The second-order valence-electron chi connectivity index (χ2n) is 8.40. The van der Waals surface area contributed by atoms with Crippen molar-refractivity contribution < 1.29 is 9.84 Å². The number of rotatable bonds is 5. The van der Waals surface area contributed by atoms with Crippen LogP contribution in [-0.2, 0) is 5.41 Å². The van der Waals surface area contributed by atoms with E-state index < -0.39 is 6.10 Å². The number of aliphatic hydroxyl groups excluding tert-OH is 1. The quantitative estimate of drug-likeness (QED) is 0.898. The zero-order valence-electron chi connectivity index (χ0n) is 15.4. The van der Waals surface area contributed by atoms with Gasteiger partial charge in [0.25, 0.3) is 0 Å². The molecule has 0 bridgehead atoms. The van der Waals surface area contributed by atoms with Gasteiger partial charge in [0.15, 0.2) is 0 Å². The summed E-state index contributed by atoms with van der Waals surface area (Å²) in [6.07, 6.45) is 0.859. The highest BCUT2D eigenvalue weighted by Gasteiger charge is 2.23. The number of nitrogens with zero attached hydrogens (tertiary/aromatic N) is 1. The summed E-state index contributed by atoms with van der Waals surface area (Å²) in [6, 6.07) is 8.21. The number of aliphatic hydroxyl groups is 1. The Morgan fingerprint density at radius 2 is 1.70 bits per heavy atom. The summed E-state index contributed by atoms with van der Waals surface area (Å²) in [7, 11) is 0. The first-order valence-electron chi connectivity index (χ1n) is 8.88. The van der Waals surface area contributed by atoms with Crippen molar-refractivity contribution in [3.8, 4) is 5.75 Å². The molecule has 1 aromatic rings. The van der Waals surface area contributed by atoms with Crippen molar-refractivity contribution in [2.45, 2.75) is 52.6 Å². The molecule has 1 heterocycles. The SMILES string of the molecule is C[C@@H]1C[C@@H](C)CN(C[C@H](O)COc2ccc(C(C)(C)C)cc2)C1. The van der Waals surface area contributed by atoms with Crippen LogP contribution in [0.5, 0.6) is 5.75 Å². The first kappa shape index (κ1) is 18.3. The van der Waals surface area contributed by atoms with Gasteiger partial charge in [0.05, 0.1) is 0 Å². The van der Waals surface area contributed by atoms with Crippen LogP contribution >= 0.6 is 0 Å². The third-order valence-corrected chi connectivity index (χ3v) is 4.58. The van der Waals surface area contributed by atoms with Crippen molar-refractivity contribution in [2.75, 3.05) is 26.2 Å². The maximum atomic E-state index is 10.3. The Labute approximate surface area is 141 Å². The number of piperidine rings is 1. The summed E-state index contributed by atoms with van der Waals surface area (Å²) in [5.74, 6) is 2.27. The van der Waals surface area contributed by atoms with Gasteiger partial charge in [-0.25, -0.2) is 0 Å². The molecule has 1 saturated heterocycles. The lowest BCUT2D eigenvalue weighted by molar-refractivity contribution is 0.0429. The second kappa shape index (κ2) is 7.67. The third kappa shape index (κ3) is 5.82. The smallest absolute Gasteiger partial charge is 0.119 e. The van der Waals surface area contributed by atoms with Crippen LogP contribution < -0.4 is 4.74 Å². The Hall–Kier alpha value is -1.06. The van der Waals surface area contributed by atoms with Gasteiger partial charge in [-0.3, -0.25) is 0 Å². The van der Waals surface area contributed by atoms with E-state index in [0.29, 0.717) is 13.2 Å². The Balaban J connectivity index is 1.79. The lowest BCUT2D eigenvalue weighted by atomic mass is 9.87. The van der Waals surface area contributed by atoms with Gasteiger partial charge in [0.2, 0.25) is 0 Å². The molecule has 0 radical (unpaired) electrons. The summed E-state index contributed by atoms with van der Waals surface area (Å²) in [5.41, 5.74) is 1.45. The first-order valence-corrected chi connectivity index (χ1v) is 8.88. The molecule has 23 heavy (non-hydrogen) atoms. The van der Waals surface area contributed by atoms with Crippen LogP contribution in [0.1, 0.15) is 46.6 Å². The van der Waals surface area contributed by atoms with Crippen LogP contribution in [0.15, 0.2) is 24.3 Å². The summed E-state index contributed by atoms with van der Waals surface area (Å²) < 4.78 is 5.75. The number of ether oxygens (including phenoxy) is 1. The molecule has 0 aromatic heterocycles. The lowest BCUT2D eigenvalue weighted by Gasteiger charge is -2.35. The monoisotopic (exact) mass is 319 g/mol. The standard InChI is InChI=1S/C20H33NO2/c1-15-10-16(2)12-21(11-15)13-18(22)14-23-19-8-6-17(7-9-19)20(3,4)5/h6-9,15-16,18,22H,10-14H2,1-5H3/t15-,16-,18+/m1/s1. The molecule has 0 spiro atoms. The molecule has 1 N–H and O–H groups in total. The fraction of sp³-hybridized carbons (Fsp3) is 0.700. The lowest BCUT2D eigenvalue weighted by Crippen LogP contribution is -2.44. The molecule has 3 atom stereocenters. The summed E-state index contributed by atoms with van der Waals surface area (Å²) >= 11 is 0. The zero-order chi connectivity index (χ0) is 17.0. The van der Waals surface area contributed by atoms with E-state index in [4.69, 9.17) is 4.74 Å². The van der Waals surface area contributed by atoms with E-state index >= 15 is 0 Å². The molecule has 0 aliphatic carbocycles. The summed E-state index contributed by atoms with van der Waals surface area (Å²) in [4.78, 5) is 2.37. The molecule has 3 heteroatoms. The van der Waals surface area contributed by atoms with Crippen molar-refractivity contribution in [1.29, 1.82) is 0 Å². The molecule has 130 valence electrons. The van der Waals surface area contributed by atoms with Crippen molar-refractivity contribution >= 4 is 0 Å². The Bertz CT molecular complexity index is 467. The molecule has 0 unspecified atom stereocenters. The van der Waals surface area contributed by atoms with Gasteiger partial charge in [0.1, 0.15) is 18.5 Å². The summed E-state index contributed by atoms with van der Waals surface area (Å²) in [6.45, 7) is 14.4. The molecular formula is C20H33NO2. The molecule has 0 amide bonds. The predicted octanol–water partition coefficient (Wildman–Crippen LogP) is 3.70. The maximum Gasteiger partial charge on any atom is 0.119 e. The molecule has 1 aliphatic rings. The van der Waals surface area contributed by atoms with Gasteiger partial charge in [-0.05, 0) is 41.4 Å². The maximum absolute atomic E-state index is 10.3. The van der Waals surface area contributed by atoms with Gasteiger partial charge in [-0.15, -0.1) is 0 Å². The summed E-state index contributed by atoms with van der Waals surface area (Å²) in [5, 5.41) is 10.3. The number of hydrogen-bond donors (Lipinski definition) is 1. The average molecular weight is 319 g/mol. The van der Waals surface area contributed by atoms with Crippen molar-refractivity contribution in [3.05, 3.63) is 29.8 Å². The Morgan fingerprint density at radius 1 is 1.13 bits per heavy atom. The largest absolute Gasteiger partial charge is 0.491 e. The zero-order valence-corrected chi connectivity index (χ0v) is 15.4. The first-order chi connectivity index (χ1) is 10.7. The molecule has 1 aromatic carbocycles. The van der Waals surface area contributed by atoms with Crippen LogP contribution in [0, 0.1) is 11.8 Å². The molecule has 1 fully saturated rings. The number of β-amino-alcohol motifs (C(OH)–C–C–N with tert-alkyl or cyclic N) is 1. The van der Waals surface area contributed by atoms with Gasteiger partial charge in [-0.1, -0.05) is 46.8 Å². The third-order valence-electron chi connectivity index (χ3n) is 4.58. The fourth-order valence-electron chi connectivity index (χ4n) is 3.54. The number of likely N-dealkylation sites (tertiary alicyclic amines) is 1. The van der Waals surface area contributed by atoms with Crippen LogP contribution in [0.2, 0.25) is 0 Å². The topological polar surface area (TPSA) is 32.7 Å². The van der Waals surface area contributed by atoms with E-state index in [1.54, 1.807) is 0 Å². The van der Waals surface area contributed by atoms with Crippen molar-refractivity contribution in [2.24, 2.45) is 11.8 Å².